The Morgan fingerprint density at radius 1 is 1.00 bits per heavy atom. The average Bonchev–Trinajstić information content (AvgIpc) is 2.59. The molecule has 126 valence electrons. The molecule has 0 aliphatic heterocycles. The molecule has 0 aromatic heterocycles. The normalized spacial score (nSPS) is 12.9. The molecule has 0 aliphatic carbocycles. The number of esters is 1. The predicted molar refractivity (Wildman–Crippen MR) is 90.0 cm³/mol. The van der Waals surface area contributed by atoms with Gasteiger partial charge >= 0.3 is 5.97 Å². The van der Waals surface area contributed by atoms with Crippen LogP contribution in [0.5, 0.6) is 0 Å². The largest absolute Gasteiger partial charge is 0.459 e. The first-order valence-electron chi connectivity index (χ1n) is 7.78. The molecule has 2 N–H and O–H groups in total. The van der Waals surface area contributed by atoms with Crippen molar-refractivity contribution in [2.24, 2.45) is 0 Å². The molecule has 24 heavy (non-hydrogen) atoms. The van der Waals surface area contributed by atoms with Crippen LogP contribution >= 0.6 is 0 Å². The van der Waals surface area contributed by atoms with Gasteiger partial charge in [-0.2, -0.15) is 0 Å². The van der Waals surface area contributed by atoms with Crippen molar-refractivity contribution in [3.8, 4) is 0 Å². The summed E-state index contributed by atoms with van der Waals surface area (Å²) in [7, 11) is 0. The smallest absolute Gasteiger partial charge is 0.331 e. The van der Waals surface area contributed by atoms with E-state index >= 15 is 0 Å². The molecule has 0 fully saturated rings. The SMILES string of the molecule is C[C@@H](O)[C@H](NC(=O)Cc1ccccc1)C(=O)OCc1ccccc1. The van der Waals surface area contributed by atoms with Crippen molar-refractivity contribution in [1.82, 2.24) is 5.32 Å². The molecule has 0 spiro atoms. The third-order valence-electron chi connectivity index (χ3n) is 3.48. The maximum absolute atomic E-state index is 12.1. The van der Waals surface area contributed by atoms with E-state index in [0.29, 0.717) is 0 Å². The van der Waals surface area contributed by atoms with Crippen LogP contribution in [0.4, 0.5) is 0 Å². The number of aliphatic hydroxyl groups excluding tert-OH is 1. The molecule has 0 heterocycles. The summed E-state index contributed by atoms with van der Waals surface area (Å²) in [5, 5.41) is 12.3. The summed E-state index contributed by atoms with van der Waals surface area (Å²) in [5.74, 6) is -1.00. The number of hydrogen-bond acceptors (Lipinski definition) is 4. The van der Waals surface area contributed by atoms with E-state index < -0.39 is 18.1 Å². The van der Waals surface area contributed by atoms with Crippen LogP contribution in [0.3, 0.4) is 0 Å². The van der Waals surface area contributed by atoms with E-state index in [1.54, 1.807) is 0 Å². The zero-order valence-electron chi connectivity index (χ0n) is 13.5. The molecular weight excluding hydrogens is 306 g/mol. The maximum Gasteiger partial charge on any atom is 0.331 e. The van der Waals surface area contributed by atoms with Crippen LogP contribution in [0.15, 0.2) is 60.7 Å². The van der Waals surface area contributed by atoms with Gasteiger partial charge in [-0.3, -0.25) is 4.79 Å². The van der Waals surface area contributed by atoms with Crippen LogP contribution in [0, 0.1) is 0 Å². The first-order chi connectivity index (χ1) is 11.6. The number of aliphatic hydroxyl groups is 1. The zero-order chi connectivity index (χ0) is 17.4. The highest BCUT2D eigenvalue weighted by Gasteiger charge is 2.27. The van der Waals surface area contributed by atoms with Crippen LogP contribution in [-0.2, 0) is 27.4 Å². The number of benzene rings is 2. The number of carbonyl (C=O) groups excluding carboxylic acids is 2. The van der Waals surface area contributed by atoms with Crippen molar-refractivity contribution < 1.29 is 19.4 Å². The van der Waals surface area contributed by atoms with E-state index in [1.165, 1.54) is 6.92 Å². The van der Waals surface area contributed by atoms with Crippen molar-refractivity contribution in [3.05, 3.63) is 71.8 Å². The van der Waals surface area contributed by atoms with Gasteiger partial charge in [0.2, 0.25) is 5.91 Å². The van der Waals surface area contributed by atoms with Gasteiger partial charge in [0.15, 0.2) is 6.04 Å². The number of nitrogens with one attached hydrogen (secondary N) is 1. The van der Waals surface area contributed by atoms with Gasteiger partial charge in [-0.15, -0.1) is 0 Å². The Labute approximate surface area is 141 Å². The van der Waals surface area contributed by atoms with E-state index in [4.69, 9.17) is 4.74 Å². The second-order valence-corrected chi connectivity index (χ2v) is 5.54. The molecule has 1 amide bonds. The first-order valence-corrected chi connectivity index (χ1v) is 7.78. The molecule has 0 aliphatic rings. The second-order valence-electron chi connectivity index (χ2n) is 5.54. The minimum Gasteiger partial charge on any atom is -0.459 e. The van der Waals surface area contributed by atoms with Crippen LogP contribution in [0.1, 0.15) is 18.1 Å². The third-order valence-corrected chi connectivity index (χ3v) is 3.48. The third kappa shape index (κ3) is 5.52. The number of hydrogen-bond donors (Lipinski definition) is 2. The fourth-order valence-electron chi connectivity index (χ4n) is 2.20. The van der Waals surface area contributed by atoms with Crippen molar-refractivity contribution in [2.75, 3.05) is 0 Å². The fraction of sp³-hybridized carbons (Fsp3) is 0.263. The molecular formula is C19H21NO4. The summed E-state index contributed by atoms with van der Waals surface area (Å²) in [6, 6.07) is 17.3. The molecule has 5 heteroatoms. The number of amides is 1. The molecule has 2 rings (SSSR count). The molecule has 0 unspecified atom stereocenters. The van der Waals surface area contributed by atoms with Crippen molar-refractivity contribution in [2.45, 2.75) is 32.1 Å². The van der Waals surface area contributed by atoms with Crippen LogP contribution in [-0.4, -0.2) is 29.1 Å². The molecule has 2 aromatic rings. The Hall–Kier alpha value is -2.66. The highest BCUT2D eigenvalue weighted by molar-refractivity contribution is 5.86. The number of carbonyl (C=O) groups is 2. The van der Waals surface area contributed by atoms with Gasteiger partial charge in [0.25, 0.3) is 0 Å². The summed E-state index contributed by atoms with van der Waals surface area (Å²) in [6.45, 7) is 1.54. The van der Waals surface area contributed by atoms with Gasteiger partial charge in [-0.25, -0.2) is 4.79 Å². The Kier molecular flexibility index (Phi) is 6.51. The fourth-order valence-corrected chi connectivity index (χ4v) is 2.20. The highest BCUT2D eigenvalue weighted by atomic mass is 16.5. The minimum absolute atomic E-state index is 0.0947. The quantitative estimate of drug-likeness (QED) is 0.761. The van der Waals surface area contributed by atoms with E-state index in [0.717, 1.165) is 11.1 Å². The Morgan fingerprint density at radius 2 is 1.54 bits per heavy atom. The maximum atomic E-state index is 12.1. The van der Waals surface area contributed by atoms with Crippen LogP contribution in [0.2, 0.25) is 0 Å². The first kappa shape index (κ1) is 17.7. The van der Waals surface area contributed by atoms with Gasteiger partial charge in [-0.05, 0) is 18.1 Å². The molecule has 0 radical (unpaired) electrons. The lowest BCUT2D eigenvalue weighted by Crippen LogP contribution is -2.48. The summed E-state index contributed by atoms with van der Waals surface area (Å²) >= 11 is 0. The van der Waals surface area contributed by atoms with Crippen LogP contribution in [0.25, 0.3) is 0 Å². The summed E-state index contributed by atoms with van der Waals surface area (Å²) in [4.78, 5) is 24.2. The monoisotopic (exact) mass is 327 g/mol. The van der Waals surface area contributed by atoms with Crippen molar-refractivity contribution in [1.29, 1.82) is 0 Å². The van der Waals surface area contributed by atoms with Gasteiger partial charge in [-0.1, -0.05) is 60.7 Å². The highest BCUT2D eigenvalue weighted by Crippen LogP contribution is 2.05. The topological polar surface area (TPSA) is 75.6 Å². The lowest BCUT2D eigenvalue weighted by molar-refractivity contribution is -0.152. The molecule has 5 nitrogen and oxygen atoms in total. The summed E-state index contributed by atoms with van der Waals surface area (Å²) in [5.41, 5.74) is 1.67. The summed E-state index contributed by atoms with van der Waals surface area (Å²) in [6.07, 6.45) is -0.913. The standard InChI is InChI=1S/C19H21NO4/c1-14(21)18(19(23)24-13-16-10-6-3-7-11-16)20-17(22)12-15-8-4-2-5-9-15/h2-11,14,18,21H,12-13H2,1H3,(H,20,22)/t14-,18+/m1/s1. The molecule has 0 bridgehead atoms. The van der Waals surface area contributed by atoms with Gasteiger partial charge in [0, 0.05) is 0 Å². The van der Waals surface area contributed by atoms with Crippen LogP contribution < -0.4 is 5.32 Å². The molecule has 0 saturated heterocycles. The average molecular weight is 327 g/mol. The molecule has 2 atom stereocenters. The van der Waals surface area contributed by atoms with Gasteiger partial charge < -0.3 is 15.2 Å². The minimum atomic E-state index is -1.09. The predicted octanol–water partition coefficient (Wildman–Crippen LogP) is 1.84. The summed E-state index contributed by atoms with van der Waals surface area (Å²) < 4.78 is 5.19. The van der Waals surface area contributed by atoms with Gasteiger partial charge in [0.1, 0.15) is 6.61 Å². The Balaban J connectivity index is 1.90. The van der Waals surface area contributed by atoms with Crippen molar-refractivity contribution >= 4 is 11.9 Å². The van der Waals surface area contributed by atoms with E-state index in [-0.39, 0.29) is 18.9 Å². The lowest BCUT2D eigenvalue weighted by Gasteiger charge is -2.20. The molecule has 2 aromatic carbocycles. The Bertz CT molecular complexity index is 656. The zero-order valence-corrected chi connectivity index (χ0v) is 13.5. The van der Waals surface area contributed by atoms with E-state index in [9.17, 15) is 14.7 Å². The number of ether oxygens (including phenoxy) is 1. The molecule has 0 saturated carbocycles. The number of rotatable bonds is 7. The lowest BCUT2D eigenvalue weighted by atomic mass is 10.1. The van der Waals surface area contributed by atoms with Gasteiger partial charge in [0.05, 0.1) is 12.5 Å². The Morgan fingerprint density at radius 3 is 2.08 bits per heavy atom. The van der Waals surface area contributed by atoms with E-state index in [1.807, 2.05) is 60.7 Å². The van der Waals surface area contributed by atoms with E-state index in [2.05, 4.69) is 5.32 Å². The second kappa shape index (κ2) is 8.84. The van der Waals surface area contributed by atoms with Crippen molar-refractivity contribution in [3.63, 3.8) is 0 Å².